The third-order valence-corrected chi connectivity index (χ3v) is 5.93. The summed E-state index contributed by atoms with van der Waals surface area (Å²) >= 11 is 0. The van der Waals surface area contributed by atoms with E-state index in [0.29, 0.717) is 19.0 Å². The molecule has 0 radical (unpaired) electrons. The zero-order valence-corrected chi connectivity index (χ0v) is 13.6. The van der Waals surface area contributed by atoms with Gasteiger partial charge in [0, 0.05) is 26.7 Å². The molecule has 2 rings (SSSR count). The lowest BCUT2D eigenvalue weighted by Crippen LogP contribution is -2.34. The Balaban J connectivity index is 2.03. The van der Waals surface area contributed by atoms with E-state index in [1.807, 2.05) is 24.3 Å². The Morgan fingerprint density at radius 2 is 2.00 bits per heavy atom. The molecule has 1 aromatic rings. The largest absolute Gasteiger partial charge is 0.326 e. The van der Waals surface area contributed by atoms with Gasteiger partial charge in [0.1, 0.15) is 0 Å². The molecule has 6 heteroatoms. The van der Waals surface area contributed by atoms with Crippen molar-refractivity contribution in [1.82, 2.24) is 9.21 Å². The van der Waals surface area contributed by atoms with E-state index in [2.05, 4.69) is 11.9 Å². The molecule has 0 saturated carbocycles. The number of likely N-dealkylation sites (tertiary alicyclic amines) is 1. The zero-order valence-electron chi connectivity index (χ0n) is 12.8. The number of nitrogens with two attached hydrogens (primary N) is 1. The van der Waals surface area contributed by atoms with Crippen LogP contribution in [0.4, 0.5) is 0 Å². The fourth-order valence-corrected chi connectivity index (χ4v) is 4.19. The average Bonchev–Trinajstić information content (AvgIpc) is 2.84. The van der Waals surface area contributed by atoms with E-state index < -0.39 is 10.0 Å². The summed E-state index contributed by atoms with van der Waals surface area (Å²) in [5, 5.41) is 0. The summed E-state index contributed by atoms with van der Waals surface area (Å²) in [4.78, 5) is 2.24. The number of sulfonamides is 1. The monoisotopic (exact) mass is 311 g/mol. The van der Waals surface area contributed by atoms with Gasteiger partial charge in [0.15, 0.2) is 0 Å². The van der Waals surface area contributed by atoms with E-state index in [9.17, 15) is 8.42 Å². The van der Waals surface area contributed by atoms with Crippen LogP contribution in [0.1, 0.15) is 17.5 Å². The molecule has 2 N–H and O–H groups in total. The van der Waals surface area contributed by atoms with Crippen LogP contribution in [0, 0.1) is 5.92 Å². The first-order chi connectivity index (χ1) is 9.92. The summed E-state index contributed by atoms with van der Waals surface area (Å²) in [5.41, 5.74) is 7.38. The van der Waals surface area contributed by atoms with E-state index >= 15 is 0 Å². The molecule has 1 atom stereocenters. The van der Waals surface area contributed by atoms with Gasteiger partial charge in [0.25, 0.3) is 0 Å². The molecule has 0 bridgehead atoms. The summed E-state index contributed by atoms with van der Waals surface area (Å²) in [6.07, 6.45) is 1.07. The molecular weight excluding hydrogens is 286 g/mol. The molecule has 0 spiro atoms. The van der Waals surface area contributed by atoms with Crippen molar-refractivity contribution in [3.8, 4) is 0 Å². The van der Waals surface area contributed by atoms with Gasteiger partial charge in [0.05, 0.1) is 5.75 Å². The highest BCUT2D eigenvalue weighted by molar-refractivity contribution is 7.88. The minimum Gasteiger partial charge on any atom is -0.326 e. The highest BCUT2D eigenvalue weighted by Gasteiger charge is 2.26. The van der Waals surface area contributed by atoms with Crippen molar-refractivity contribution in [2.75, 3.05) is 33.7 Å². The first kappa shape index (κ1) is 16.4. The normalized spacial score (nSPS) is 20.3. The molecule has 21 heavy (non-hydrogen) atoms. The van der Waals surface area contributed by atoms with Crippen molar-refractivity contribution < 1.29 is 8.42 Å². The van der Waals surface area contributed by atoms with Gasteiger partial charge in [-0.25, -0.2) is 12.7 Å². The molecule has 118 valence electrons. The minimum absolute atomic E-state index is 0.0272. The van der Waals surface area contributed by atoms with Gasteiger partial charge in [-0.15, -0.1) is 0 Å². The van der Waals surface area contributed by atoms with Crippen LogP contribution in [0.3, 0.4) is 0 Å². The van der Waals surface area contributed by atoms with Gasteiger partial charge in [-0.3, -0.25) is 0 Å². The maximum absolute atomic E-state index is 12.5. The lowest BCUT2D eigenvalue weighted by Gasteiger charge is -2.21. The molecule has 1 aromatic carbocycles. The SMILES string of the molecule is CN1CCC(CN(C)S(=O)(=O)Cc2ccccc2CN)C1. The molecular formula is C15H25N3O2S. The first-order valence-electron chi connectivity index (χ1n) is 7.32. The van der Waals surface area contributed by atoms with Gasteiger partial charge < -0.3 is 10.6 Å². The van der Waals surface area contributed by atoms with Crippen molar-refractivity contribution >= 4 is 10.0 Å². The molecule has 0 amide bonds. The van der Waals surface area contributed by atoms with Gasteiger partial charge in [-0.2, -0.15) is 0 Å². The Kier molecular flexibility index (Phi) is 5.37. The summed E-state index contributed by atoms with van der Waals surface area (Å²) in [5.74, 6) is 0.457. The number of hydrogen-bond donors (Lipinski definition) is 1. The lowest BCUT2D eigenvalue weighted by molar-refractivity contribution is 0.356. The van der Waals surface area contributed by atoms with Crippen LogP contribution in [-0.2, 0) is 22.3 Å². The Morgan fingerprint density at radius 1 is 1.33 bits per heavy atom. The van der Waals surface area contributed by atoms with Crippen molar-refractivity contribution in [1.29, 1.82) is 0 Å². The van der Waals surface area contributed by atoms with Gasteiger partial charge in [-0.1, -0.05) is 24.3 Å². The minimum atomic E-state index is -3.29. The molecule has 5 nitrogen and oxygen atoms in total. The van der Waals surface area contributed by atoms with E-state index in [-0.39, 0.29) is 5.75 Å². The fourth-order valence-electron chi connectivity index (χ4n) is 2.86. The molecule has 0 aliphatic carbocycles. The summed E-state index contributed by atoms with van der Waals surface area (Å²) < 4.78 is 26.5. The maximum Gasteiger partial charge on any atom is 0.218 e. The van der Waals surface area contributed by atoms with Crippen LogP contribution in [0.15, 0.2) is 24.3 Å². The molecule has 1 saturated heterocycles. The second-order valence-electron chi connectivity index (χ2n) is 5.93. The quantitative estimate of drug-likeness (QED) is 0.846. The smallest absolute Gasteiger partial charge is 0.218 e. The molecule has 0 aromatic heterocycles. The van der Waals surface area contributed by atoms with Crippen LogP contribution < -0.4 is 5.73 Å². The molecule has 1 aliphatic rings. The molecule has 1 fully saturated rings. The average molecular weight is 311 g/mol. The predicted molar refractivity (Wildman–Crippen MR) is 85.2 cm³/mol. The fraction of sp³-hybridized carbons (Fsp3) is 0.600. The third-order valence-electron chi connectivity index (χ3n) is 4.16. The van der Waals surface area contributed by atoms with Gasteiger partial charge in [-0.05, 0) is 37.1 Å². The summed E-state index contributed by atoms with van der Waals surface area (Å²) in [7, 11) is 0.463. The van der Waals surface area contributed by atoms with E-state index in [0.717, 1.165) is 30.6 Å². The van der Waals surface area contributed by atoms with Crippen LogP contribution in [0.25, 0.3) is 0 Å². The van der Waals surface area contributed by atoms with E-state index in [1.54, 1.807) is 7.05 Å². The Bertz CT molecular complexity index is 574. The number of hydrogen-bond acceptors (Lipinski definition) is 4. The van der Waals surface area contributed by atoms with Crippen LogP contribution in [0.5, 0.6) is 0 Å². The van der Waals surface area contributed by atoms with Gasteiger partial charge >= 0.3 is 0 Å². The van der Waals surface area contributed by atoms with Crippen molar-refractivity contribution in [3.05, 3.63) is 35.4 Å². The highest BCUT2D eigenvalue weighted by Crippen LogP contribution is 2.19. The first-order valence-corrected chi connectivity index (χ1v) is 8.92. The number of benzene rings is 1. The van der Waals surface area contributed by atoms with Crippen LogP contribution in [0.2, 0.25) is 0 Å². The Labute approximate surface area is 127 Å². The summed E-state index contributed by atoms with van der Waals surface area (Å²) in [6, 6.07) is 7.47. The highest BCUT2D eigenvalue weighted by atomic mass is 32.2. The zero-order chi connectivity index (χ0) is 15.5. The van der Waals surface area contributed by atoms with Crippen LogP contribution >= 0.6 is 0 Å². The maximum atomic E-state index is 12.5. The van der Waals surface area contributed by atoms with Gasteiger partial charge in [0.2, 0.25) is 10.0 Å². The lowest BCUT2D eigenvalue weighted by atomic mass is 10.1. The topological polar surface area (TPSA) is 66.6 Å². The number of rotatable bonds is 6. The number of nitrogens with zero attached hydrogens (tertiary/aromatic N) is 2. The predicted octanol–water partition coefficient (Wildman–Crippen LogP) is 0.859. The van der Waals surface area contributed by atoms with Crippen molar-refractivity contribution in [2.24, 2.45) is 11.7 Å². The Morgan fingerprint density at radius 3 is 2.57 bits per heavy atom. The van der Waals surface area contributed by atoms with Crippen molar-refractivity contribution in [2.45, 2.75) is 18.7 Å². The second kappa shape index (κ2) is 6.87. The van der Waals surface area contributed by atoms with Crippen LogP contribution in [-0.4, -0.2) is 51.4 Å². The Hall–Kier alpha value is -0.950. The molecule has 1 unspecified atom stereocenters. The molecule has 1 heterocycles. The second-order valence-corrected chi connectivity index (χ2v) is 8.00. The van der Waals surface area contributed by atoms with E-state index in [1.165, 1.54) is 4.31 Å². The standard InChI is InChI=1S/C15H25N3O2S/c1-17-8-7-13(10-17)11-18(2)21(19,20)12-15-6-4-3-5-14(15)9-16/h3-6,13H,7-12,16H2,1-2H3. The third kappa shape index (κ3) is 4.26. The summed E-state index contributed by atoms with van der Waals surface area (Å²) in [6.45, 7) is 2.98. The van der Waals surface area contributed by atoms with E-state index in [4.69, 9.17) is 5.73 Å². The molecule has 1 aliphatic heterocycles. The van der Waals surface area contributed by atoms with Crippen molar-refractivity contribution in [3.63, 3.8) is 0 Å².